The van der Waals surface area contributed by atoms with Crippen LogP contribution in [0.1, 0.15) is 31.0 Å². The number of rotatable bonds is 8. The highest BCUT2D eigenvalue weighted by molar-refractivity contribution is 6.30. The maximum atomic E-state index is 12.5. The van der Waals surface area contributed by atoms with Crippen molar-refractivity contribution < 1.29 is 9.53 Å². The van der Waals surface area contributed by atoms with Gasteiger partial charge in [0.25, 0.3) is 0 Å². The molecule has 0 fully saturated rings. The monoisotopic (exact) mass is 374 g/mol. The van der Waals surface area contributed by atoms with E-state index in [-0.39, 0.29) is 17.9 Å². The van der Waals surface area contributed by atoms with E-state index in [1.165, 1.54) is 0 Å². The third-order valence-corrected chi connectivity index (χ3v) is 4.45. The van der Waals surface area contributed by atoms with Crippen LogP contribution in [0.15, 0.2) is 48.5 Å². The number of ether oxygens (including phenoxy) is 1. The number of hydrogen-bond donors (Lipinski definition) is 1. The van der Waals surface area contributed by atoms with Gasteiger partial charge in [-0.1, -0.05) is 49.7 Å². The zero-order valence-electron chi connectivity index (χ0n) is 15.8. The number of benzene rings is 2. The zero-order valence-corrected chi connectivity index (χ0v) is 16.6. The van der Waals surface area contributed by atoms with Gasteiger partial charge in [-0.25, -0.2) is 0 Å². The minimum Gasteiger partial charge on any atom is -0.497 e. The predicted molar refractivity (Wildman–Crippen MR) is 107 cm³/mol. The summed E-state index contributed by atoms with van der Waals surface area (Å²) in [5, 5.41) is 3.86. The van der Waals surface area contributed by atoms with Crippen LogP contribution < -0.4 is 10.1 Å². The molecule has 0 aromatic heterocycles. The molecule has 4 nitrogen and oxygen atoms in total. The number of hydrogen-bond acceptors (Lipinski definition) is 3. The van der Waals surface area contributed by atoms with E-state index in [4.69, 9.17) is 16.3 Å². The van der Waals surface area contributed by atoms with Crippen molar-refractivity contribution in [1.29, 1.82) is 0 Å². The second-order valence-corrected chi connectivity index (χ2v) is 7.30. The summed E-state index contributed by atoms with van der Waals surface area (Å²) >= 11 is 6.02. The van der Waals surface area contributed by atoms with Gasteiger partial charge in [0.15, 0.2) is 0 Å². The third kappa shape index (κ3) is 6.04. The number of carbonyl (C=O) groups excluding carboxylic acids is 1. The Morgan fingerprint density at radius 3 is 2.46 bits per heavy atom. The summed E-state index contributed by atoms with van der Waals surface area (Å²) < 4.78 is 5.20. The highest BCUT2D eigenvalue weighted by atomic mass is 35.5. The summed E-state index contributed by atoms with van der Waals surface area (Å²) in [6.07, 6.45) is 0. The van der Waals surface area contributed by atoms with Gasteiger partial charge < -0.3 is 10.1 Å². The van der Waals surface area contributed by atoms with Crippen molar-refractivity contribution in [1.82, 2.24) is 10.2 Å². The summed E-state index contributed by atoms with van der Waals surface area (Å²) in [5.41, 5.74) is 2.16. The highest BCUT2D eigenvalue weighted by Gasteiger charge is 2.19. The molecule has 2 rings (SSSR count). The Kier molecular flexibility index (Phi) is 7.49. The quantitative estimate of drug-likeness (QED) is 0.749. The van der Waals surface area contributed by atoms with Gasteiger partial charge in [0.05, 0.1) is 19.7 Å². The van der Waals surface area contributed by atoms with Crippen LogP contribution in [0.25, 0.3) is 0 Å². The van der Waals surface area contributed by atoms with Crippen LogP contribution in [0, 0.1) is 5.92 Å². The molecule has 0 aliphatic carbocycles. The topological polar surface area (TPSA) is 41.6 Å². The van der Waals surface area contributed by atoms with Crippen LogP contribution in [-0.4, -0.2) is 31.5 Å². The molecule has 2 aromatic carbocycles. The number of nitrogens with zero attached hydrogens (tertiary/aromatic N) is 1. The molecule has 0 aliphatic heterocycles. The molecule has 0 spiro atoms. The van der Waals surface area contributed by atoms with E-state index in [2.05, 4.69) is 19.2 Å². The number of halogens is 1. The first-order valence-corrected chi connectivity index (χ1v) is 9.13. The van der Waals surface area contributed by atoms with Gasteiger partial charge in [0.2, 0.25) is 5.91 Å². The van der Waals surface area contributed by atoms with E-state index >= 15 is 0 Å². The van der Waals surface area contributed by atoms with E-state index in [1.54, 1.807) is 7.11 Å². The lowest BCUT2D eigenvalue weighted by atomic mass is 9.96. The molecule has 2 aromatic rings. The van der Waals surface area contributed by atoms with E-state index < -0.39 is 0 Å². The van der Waals surface area contributed by atoms with Gasteiger partial charge in [-0.15, -0.1) is 0 Å². The second-order valence-electron chi connectivity index (χ2n) is 6.86. The van der Waals surface area contributed by atoms with Gasteiger partial charge in [-0.05, 0) is 48.4 Å². The Morgan fingerprint density at radius 2 is 1.88 bits per heavy atom. The Hall–Kier alpha value is -2.04. The Bertz CT molecular complexity index is 716. The molecule has 0 bridgehead atoms. The van der Waals surface area contributed by atoms with Crippen molar-refractivity contribution in [3.8, 4) is 5.75 Å². The molecular formula is C21H27ClN2O2. The van der Waals surface area contributed by atoms with Gasteiger partial charge >= 0.3 is 0 Å². The number of amides is 1. The van der Waals surface area contributed by atoms with Crippen LogP contribution in [0.3, 0.4) is 0 Å². The fourth-order valence-corrected chi connectivity index (χ4v) is 3.13. The molecule has 26 heavy (non-hydrogen) atoms. The standard InChI is InChI=1S/C21H27ClN2O2/c1-15(2)21(17-8-10-19(26-4)11-9-17)23-20(25)14-24(3)13-16-6-5-7-18(22)12-16/h5-12,15,21H,13-14H2,1-4H3,(H,23,25). The average Bonchev–Trinajstić information content (AvgIpc) is 2.59. The van der Waals surface area contributed by atoms with Crippen molar-refractivity contribution in [3.63, 3.8) is 0 Å². The van der Waals surface area contributed by atoms with E-state index in [0.29, 0.717) is 18.1 Å². The molecule has 0 aliphatic rings. The van der Waals surface area contributed by atoms with Crippen LogP contribution in [0.2, 0.25) is 5.02 Å². The molecule has 5 heteroatoms. The molecule has 0 saturated heterocycles. The molecule has 0 heterocycles. The average molecular weight is 375 g/mol. The molecular weight excluding hydrogens is 348 g/mol. The SMILES string of the molecule is COc1ccc(C(NC(=O)CN(C)Cc2cccc(Cl)c2)C(C)C)cc1. The summed E-state index contributed by atoms with van der Waals surface area (Å²) in [6, 6.07) is 15.5. The normalized spacial score (nSPS) is 12.3. The van der Waals surface area contributed by atoms with Gasteiger partial charge in [0, 0.05) is 11.6 Å². The van der Waals surface area contributed by atoms with E-state index in [1.807, 2.05) is 60.5 Å². The lowest BCUT2D eigenvalue weighted by molar-refractivity contribution is -0.123. The fraction of sp³-hybridized carbons (Fsp3) is 0.381. The van der Waals surface area contributed by atoms with Crippen LogP contribution >= 0.6 is 11.6 Å². The van der Waals surface area contributed by atoms with Crippen LogP contribution in [0.4, 0.5) is 0 Å². The maximum Gasteiger partial charge on any atom is 0.234 e. The Morgan fingerprint density at radius 1 is 1.19 bits per heavy atom. The van der Waals surface area contributed by atoms with Crippen molar-refractivity contribution >= 4 is 17.5 Å². The Balaban J connectivity index is 1.96. The molecule has 1 unspecified atom stereocenters. The zero-order chi connectivity index (χ0) is 19.1. The lowest BCUT2D eigenvalue weighted by Crippen LogP contribution is -2.38. The second kappa shape index (κ2) is 9.60. The van der Waals surface area contributed by atoms with Crippen molar-refractivity contribution in [2.24, 2.45) is 5.92 Å². The van der Waals surface area contributed by atoms with Gasteiger partial charge in [-0.3, -0.25) is 9.69 Å². The summed E-state index contributed by atoms with van der Waals surface area (Å²) in [6.45, 7) is 5.20. The summed E-state index contributed by atoms with van der Waals surface area (Å²) in [5.74, 6) is 1.10. The van der Waals surface area contributed by atoms with Crippen LogP contribution in [0.5, 0.6) is 5.75 Å². The Labute approximate surface area is 161 Å². The van der Waals surface area contributed by atoms with Gasteiger partial charge in [0.1, 0.15) is 5.75 Å². The summed E-state index contributed by atoms with van der Waals surface area (Å²) in [7, 11) is 3.57. The lowest BCUT2D eigenvalue weighted by Gasteiger charge is -2.25. The fourth-order valence-electron chi connectivity index (χ4n) is 2.91. The molecule has 1 atom stereocenters. The number of likely N-dealkylation sites (N-methyl/N-ethyl adjacent to an activating group) is 1. The minimum absolute atomic E-state index is 0.00375. The first kappa shape index (κ1) is 20.3. The maximum absolute atomic E-state index is 12.5. The van der Waals surface area contributed by atoms with Crippen molar-refractivity contribution in [3.05, 3.63) is 64.7 Å². The molecule has 0 radical (unpaired) electrons. The number of carbonyl (C=O) groups is 1. The first-order chi connectivity index (χ1) is 12.4. The van der Waals surface area contributed by atoms with Crippen molar-refractivity contribution in [2.75, 3.05) is 20.7 Å². The highest BCUT2D eigenvalue weighted by Crippen LogP contribution is 2.24. The largest absolute Gasteiger partial charge is 0.497 e. The third-order valence-electron chi connectivity index (χ3n) is 4.21. The minimum atomic E-state index is -0.0343. The van der Waals surface area contributed by atoms with Crippen LogP contribution in [-0.2, 0) is 11.3 Å². The number of nitrogens with one attached hydrogen (secondary N) is 1. The predicted octanol–water partition coefficient (Wildman–Crippen LogP) is 4.29. The first-order valence-electron chi connectivity index (χ1n) is 8.75. The smallest absolute Gasteiger partial charge is 0.234 e. The molecule has 140 valence electrons. The molecule has 1 N–H and O–H groups in total. The molecule has 0 saturated carbocycles. The van der Waals surface area contributed by atoms with E-state index in [9.17, 15) is 4.79 Å². The van der Waals surface area contributed by atoms with E-state index in [0.717, 1.165) is 16.9 Å². The number of methoxy groups -OCH3 is 1. The molecule has 1 amide bonds. The van der Waals surface area contributed by atoms with Crippen molar-refractivity contribution in [2.45, 2.75) is 26.4 Å². The van der Waals surface area contributed by atoms with Gasteiger partial charge in [-0.2, -0.15) is 0 Å². The summed E-state index contributed by atoms with van der Waals surface area (Å²) in [4.78, 5) is 14.5.